The van der Waals surface area contributed by atoms with E-state index in [4.69, 9.17) is 0 Å². The average Bonchev–Trinajstić information content (AvgIpc) is 3.00. The summed E-state index contributed by atoms with van der Waals surface area (Å²) >= 11 is 0. The lowest BCUT2D eigenvalue weighted by Gasteiger charge is -2.13. The lowest BCUT2D eigenvalue weighted by Crippen LogP contribution is -2.23. The maximum absolute atomic E-state index is 10.9. The molecular weight excluding hydrogens is 162 g/mol. The minimum absolute atomic E-state index is 0.387. The van der Waals surface area contributed by atoms with Gasteiger partial charge in [-0.15, -0.1) is 0 Å². The van der Waals surface area contributed by atoms with E-state index in [1.807, 2.05) is 20.8 Å². The fourth-order valence-corrected chi connectivity index (χ4v) is 1.18. The van der Waals surface area contributed by atoms with Crippen molar-refractivity contribution in [3.05, 3.63) is 0 Å². The molecule has 0 atom stereocenters. The van der Waals surface area contributed by atoms with Crippen LogP contribution in [0.4, 0.5) is 0 Å². The third-order valence-electron chi connectivity index (χ3n) is 2.31. The molecule has 0 N–H and O–H groups in total. The maximum atomic E-state index is 10.9. The van der Waals surface area contributed by atoms with E-state index in [0.29, 0.717) is 12.2 Å². The number of hydrogen-bond donors (Lipinski definition) is 0. The Kier molecular flexibility index (Phi) is 6.87. The molecule has 1 rings (SSSR count). The Morgan fingerprint density at radius 3 is 2.31 bits per heavy atom. The second kappa shape index (κ2) is 7.07. The van der Waals surface area contributed by atoms with Gasteiger partial charge in [0.25, 0.3) is 0 Å². The van der Waals surface area contributed by atoms with Gasteiger partial charge in [-0.05, 0) is 19.9 Å². The summed E-state index contributed by atoms with van der Waals surface area (Å²) in [6.07, 6.45) is 4.09. The van der Waals surface area contributed by atoms with Gasteiger partial charge in [0, 0.05) is 25.4 Å². The molecule has 0 amide bonds. The van der Waals surface area contributed by atoms with Gasteiger partial charge in [-0.25, -0.2) is 0 Å². The van der Waals surface area contributed by atoms with E-state index < -0.39 is 0 Å². The minimum Gasteiger partial charge on any atom is -0.303 e. The molecule has 1 saturated carbocycles. The first-order valence-corrected chi connectivity index (χ1v) is 5.46. The molecule has 13 heavy (non-hydrogen) atoms. The van der Waals surface area contributed by atoms with Crippen molar-refractivity contribution in [1.82, 2.24) is 4.90 Å². The number of carbonyl (C=O) groups is 1. The molecule has 0 heterocycles. The lowest BCUT2D eigenvalue weighted by atomic mass is 10.2. The molecule has 0 saturated heterocycles. The predicted molar refractivity (Wildman–Crippen MR) is 56.9 cm³/mol. The minimum atomic E-state index is 0.387. The van der Waals surface area contributed by atoms with Crippen LogP contribution in [-0.4, -0.2) is 30.3 Å². The van der Waals surface area contributed by atoms with Gasteiger partial charge in [-0.3, -0.25) is 4.79 Å². The Hall–Kier alpha value is -0.370. The van der Waals surface area contributed by atoms with Gasteiger partial charge in [-0.1, -0.05) is 20.8 Å². The molecule has 2 nitrogen and oxygen atoms in total. The van der Waals surface area contributed by atoms with Crippen molar-refractivity contribution < 1.29 is 4.79 Å². The van der Waals surface area contributed by atoms with Crippen LogP contribution in [0, 0.1) is 0 Å². The van der Waals surface area contributed by atoms with Crippen molar-refractivity contribution in [2.45, 2.75) is 52.5 Å². The SMILES string of the molecule is CC.CCC(=O)CCN(C)C1CC1. The molecule has 0 aromatic rings. The van der Waals surface area contributed by atoms with Gasteiger partial charge in [0.2, 0.25) is 0 Å². The summed E-state index contributed by atoms with van der Waals surface area (Å²) in [5.74, 6) is 0.387. The van der Waals surface area contributed by atoms with Crippen LogP contribution in [0.25, 0.3) is 0 Å². The number of carbonyl (C=O) groups excluding carboxylic acids is 1. The molecule has 0 aromatic heterocycles. The van der Waals surface area contributed by atoms with Gasteiger partial charge in [0.1, 0.15) is 5.78 Å². The summed E-state index contributed by atoms with van der Waals surface area (Å²) in [6.45, 7) is 6.89. The van der Waals surface area contributed by atoms with Crippen molar-refractivity contribution in [3.8, 4) is 0 Å². The number of hydrogen-bond acceptors (Lipinski definition) is 2. The summed E-state index contributed by atoms with van der Waals surface area (Å²) in [5.41, 5.74) is 0. The first kappa shape index (κ1) is 12.6. The molecule has 0 radical (unpaired) electrons. The van der Waals surface area contributed by atoms with Crippen molar-refractivity contribution in [3.63, 3.8) is 0 Å². The number of ketones is 1. The molecule has 0 spiro atoms. The standard InChI is InChI=1S/C9H17NO.C2H6/c1-3-9(11)6-7-10(2)8-4-5-8;1-2/h8H,3-7H2,1-2H3;1-2H3. The number of rotatable bonds is 5. The highest BCUT2D eigenvalue weighted by Crippen LogP contribution is 2.25. The van der Waals surface area contributed by atoms with Crippen molar-refractivity contribution >= 4 is 5.78 Å². The van der Waals surface area contributed by atoms with Gasteiger partial charge >= 0.3 is 0 Å². The molecule has 1 aliphatic rings. The van der Waals surface area contributed by atoms with E-state index in [-0.39, 0.29) is 0 Å². The van der Waals surface area contributed by atoms with Gasteiger partial charge in [-0.2, -0.15) is 0 Å². The fourth-order valence-electron chi connectivity index (χ4n) is 1.18. The molecule has 78 valence electrons. The summed E-state index contributed by atoms with van der Waals surface area (Å²) in [5, 5.41) is 0. The van der Waals surface area contributed by atoms with E-state index in [0.717, 1.165) is 19.0 Å². The quantitative estimate of drug-likeness (QED) is 0.656. The van der Waals surface area contributed by atoms with Crippen LogP contribution < -0.4 is 0 Å². The van der Waals surface area contributed by atoms with Gasteiger partial charge < -0.3 is 4.90 Å². The van der Waals surface area contributed by atoms with Gasteiger partial charge in [0.05, 0.1) is 0 Å². The Morgan fingerprint density at radius 1 is 1.38 bits per heavy atom. The Labute approximate surface area is 82.3 Å². The predicted octanol–water partition coefficient (Wildman–Crippen LogP) is 2.48. The van der Waals surface area contributed by atoms with Crippen LogP contribution in [0.1, 0.15) is 46.5 Å². The van der Waals surface area contributed by atoms with Crippen LogP contribution in [0.3, 0.4) is 0 Å². The molecular formula is C11H23NO. The number of nitrogens with zero attached hydrogens (tertiary/aromatic N) is 1. The van der Waals surface area contributed by atoms with E-state index in [1.165, 1.54) is 12.8 Å². The van der Waals surface area contributed by atoms with Crippen molar-refractivity contribution in [2.75, 3.05) is 13.6 Å². The molecule has 0 aliphatic heterocycles. The Balaban J connectivity index is 0.000000671. The van der Waals surface area contributed by atoms with E-state index in [2.05, 4.69) is 11.9 Å². The average molecular weight is 185 g/mol. The number of Topliss-reactive ketones (excluding diaryl/α,β-unsaturated/α-hetero) is 1. The third-order valence-corrected chi connectivity index (χ3v) is 2.31. The second-order valence-corrected chi connectivity index (χ2v) is 3.35. The molecule has 0 aromatic carbocycles. The van der Waals surface area contributed by atoms with E-state index >= 15 is 0 Å². The van der Waals surface area contributed by atoms with E-state index in [1.54, 1.807) is 0 Å². The van der Waals surface area contributed by atoms with E-state index in [9.17, 15) is 4.79 Å². The van der Waals surface area contributed by atoms with Crippen LogP contribution in [0.5, 0.6) is 0 Å². The van der Waals surface area contributed by atoms with Crippen LogP contribution in [-0.2, 0) is 4.79 Å². The molecule has 0 unspecified atom stereocenters. The molecule has 2 heteroatoms. The normalized spacial score (nSPS) is 15.2. The first-order valence-electron chi connectivity index (χ1n) is 5.46. The summed E-state index contributed by atoms with van der Waals surface area (Å²) in [6, 6.07) is 0.791. The van der Waals surface area contributed by atoms with Crippen LogP contribution in [0.15, 0.2) is 0 Å². The summed E-state index contributed by atoms with van der Waals surface area (Å²) in [4.78, 5) is 13.2. The monoisotopic (exact) mass is 185 g/mol. The first-order chi connectivity index (χ1) is 6.24. The zero-order valence-corrected chi connectivity index (χ0v) is 9.47. The topological polar surface area (TPSA) is 20.3 Å². The Morgan fingerprint density at radius 2 is 1.92 bits per heavy atom. The highest BCUT2D eigenvalue weighted by molar-refractivity contribution is 5.78. The third kappa shape index (κ3) is 5.81. The summed E-state index contributed by atoms with van der Waals surface area (Å²) in [7, 11) is 2.11. The summed E-state index contributed by atoms with van der Waals surface area (Å²) < 4.78 is 0. The highest BCUT2D eigenvalue weighted by Gasteiger charge is 2.25. The van der Waals surface area contributed by atoms with Crippen molar-refractivity contribution in [1.29, 1.82) is 0 Å². The maximum Gasteiger partial charge on any atom is 0.133 e. The van der Waals surface area contributed by atoms with Gasteiger partial charge in [0.15, 0.2) is 0 Å². The largest absolute Gasteiger partial charge is 0.303 e. The smallest absolute Gasteiger partial charge is 0.133 e. The molecule has 1 fully saturated rings. The zero-order chi connectivity index (χ0) is 10.3. The Bertz CT molecular complexity index is 141. The second-order valence-electron chi connectivity index (χ2n) is 3.35. The van der Waals surface area contributed by atoms with Crippen LogP contribution >= 0.6 is 0 Å². The molecule has 1 aliphatic carbocycles. The zero-order valence-electron chi connectivity index (χ0n) is 9.47. The fraction of sp³-hybridized carbons (Fsp3) is 0.909. The lowest BCUT2D eigenvalue weighted by molar-refractivity contribution is -0.119. The molecule has 0 bridgehead atoms. The van der Waals surface area contributed by atoms with Crippen LogP contribution in [0.2, 0.25) is 0 Å². The van der Waals surface area contributed by atoms with Crippen molar-refractivity contribution in [2.24, 2.45) is 0 Å². The highest BCUT2D eigenvalue weighted by atomic mass is 16.1.